The molecule has 1 saturated heterocycles. The van der Waals surface area contributed by atoms with Gasteiger partial charge in [0.05, 0.1) is 0 Å². The Hall–Kier alpha value is -0.800. The molecule has 19 heavy (non-hydrogen) atoms. The van der Waals surface area contributed by atoms with E-state index < -0.39 is 5.82 Å². The minimum absolute atomic E-state index is 0.0854. The summed E-state index contributed by atoms with van der Waals surface area (Å²) in [7, 11) is 0. The van der Waals surface area contributed by atoms with Crippen molar-refractivity contribution in [2.24, 2.45) is 11.8 Å². The van der Waals surface area contributed by atoms with Gasteiger partial charge in [-0.1, -0.05) is 31.5 Å². The summed E-state index contributed by atoms with van der Waals surface area (Å²) in [6, 6.07) is 4.72. The number of rotatable bonds is 5. The van der Waals surface area contributed by atoms with E-state index in [-0.39, 0.29) is 11.1 Å². The number of benzene rings is 1. The van der Waals surface area contributed by atoms with Crippen LogP contribution in [0.25, 0.3) is 0 Å². The molecule has 0 saturated carbocycles. The summed E-state index contributed by atoms with van der Waals surface area (Å²) in [5.74, 6) is 1.05. The van der Waals surface area contributed by atoms with Gasteiger partial charge in [-0.3, -0.25) is 0 Å². The van der Waals surface area contributed by atoms with Gasteiger partial charge in [-0.25, -0.2) is 4.39 Å². The minimum Gasteiger partial charge on any atom is -0.488 e. The first-order valence-corrected chi connectivity index (χ1v) is 7.27. The first-order valence-electron chi connectivity index (χ1n) is 6.89. The molecule has 1 aromatic rings. The summed E-state index contributed by atoms with van der Waals surface area (Å²) in [5.41, 5.74) is 0. The Balaban J connectivity index is 2.12. The van der Waals surface area contributed by atoms with Crippen LogP contribution in [0.3, 0.4) is 0 Å². The van der Waals surface area contributed by atoms with E-state index in [0.29, 0.717) is 17.6 Å². The van der Waals surface area contributed by atoms with Crippen molar-refractivity contribution in [3.05, 3.63) is 29.0 Å². The predicted molar refractivity (Wildman–Crippen MR) is 76.3 cm³/mol. The zero-order chi connectivity index (χ0) is 13.8. The van der Waals surface area contributed by atoms with Crippen molar-refractivity contribution in [2.45, 2.75) is 32.8 Å². The molecular formula is C15H21ClFNO. The average Bonchev–Trinajstić information content (AvgIpc) is 2.87. The molecule has 0 spiro atoms. The van der Waals surface area contributed by atoms with Gasteiger partial charge in [0.25, 0.3) is 0 Å². The predicted octanol–water partition coefficient (Wildman–Crippen LogP) is 3.88. The number of hydrogen-bond acceptors (Lipinski definition) is 2. The maximum atomic E-state index is 13.4. The molecule has 1 heterocycles. The summed E-state index contributed by atoms with van der Waals surface area (Å²) < 4.78 is 19.5. The van der Waals surface area contributed by atoms with Gasteiger partial charge in [-0.2, -0.15) is 0 Å². The largest absolute Gasteiger partial charge is 0.488 e. The van der Waals surface area contributed by atoms with Gasteiger partial charge in [-0.05, 0) is 37.4 Å². The SMILES string of the molecule is CC(C)C[C@H](Oc1cccc(F)c1Cl)[C@H]1CCNC1. The summed E-state index contributed by atoms with van der Waals surface area (Å²) in [6.07, 6.45) is 2.15. The maximum Gasteiger partial charge on any atom is 0.145 e. The molecule has 0 amide bonds. The van der Waals surface area contributed by atoms with Crippen LogP contribution in [-0.2, 0) is 0 Å². The van der Waals surface area contributed by atoms with Crippen LogP contribution in [0, 0.1) is 17.7 Å². The Morgan fingerprint density at radius 1 is 1.47 bits per heavy atom. The molecule has 1 fully saturated rings. The lowest BCUT2D eigenvalue weighted by molar-refractivity contribution is 0.119. The molecule has 0 radical (unpaired) electrons. The van der Waals surface area contributed by atoms with Crippen molar-refractivity contribution in [1.29, 1.82) is 0 Å². The standard InChI is InChI=1S/C15H21ClFNO/c1-10(2)8-14(11-6-7-18-9-11)19-13-5-3-4-12(17)15(13)16/h3-5,10-11,14,18H,6-9H2,1-2H3/t11-,14-/m0/s1. The third kappa shape index (κ3) is 3.83. The quantitative estimate of drug-likeness (QED) is 0.886. The van der Waals surface area contributed by atoms with Crippen molar-refractivity contribution >= 4 is 11.6 Å². The number of nitrogens with one attached hydrogen (secondary N) is 1. The van der Waals surface area contributed by atoms with Crippen LogP contribution in [0.4, 0.5) is 4.39 Å². The van der Waals surface area contributed by atoms with E-state index in [2.05, 4.69) is 19.2 Å². The van der Waals surface area contributed by atoms with Crippen LogP contribution in [-0.4, -0.2) is 19.2 Å². The highest BCUT2D eigenvalue weighted by molar-refractivity contribution is 6.32. The maximum absolute atomic E-state index is 13.4. The van der Waals surface area contributed by atoms with E-state index in [1.165, 1.54) is 6.07 Å². The highest BCUT2D eigenvalue weighted by atomic mass is 35.5. The second-order valence-corrected chi connectivity index (χ2v) is 5.97. The smallest absolute Gasteiger partial charge is 0.145 e. The van der Waals surface area contributed by atoms with Crippen molar-refractivity contribution in [2.75, 3.05) is 13.1 Å². The topological polar surface area (TPSA) is 21.3 Å². The van der Waals surface area contributed by atoms with Crippen molar-refractivity contribution in [3.63, 3.8) is 0 Å². The van der Waals surface area contributed by atoms with E-state index in [9.17, 15) is 4.39 Å². The zero-order valence-electron chi connectivity index (χ0n) is 11.5. The molecule has 1 aliphatic heterocycles. The lowest BCUT2D eigenvalue weighted by Gasteiger charge is -2.26. The molecule has 0 aromatic heterocycles. The Morgan fingerprint density at radius 2 is 2.26 bits per heavy atom. The molecule has 2 atom stereocenters. The fourth-order valence-corrected chi connectivity index (χ4v) is 2.70. The molecule has 2 rings (SSSR count). The van der Waals surface area contributed by atoms with Gasteiger partial charge < -0.3 is 10.1 Å². The monoisotopic (exact) mass is 285 g/mol. The Kier molecular flexibility index (Phi) is 5.06. The van der Waals surface area contributed by atoms with Gasteiger partial charge in [0.1, 0.15) is 22.7 Å². The fourth-order valence-electron chi connectivity index (χ4n) is 2.53. The van der Waals surface area contributed by atoms with Gasteiger partial charge in [0, 0.05) is 12.5 Å². The highest BCUT2D eigenvalue weighted by Crippen LogP contribution is 2.31. The van der Waals surface area contributed by atoms with Gasteiger partial charge in [0.2, 0.25) is 0 Å². The normalized spacial score (nSPS) is 20.8. The van der Waals surface area contributed by atoms with Crippen LogP contribution in [0.1, 0.15) is 26.7 Å². The Morgan fingerprint density at radius 3 is 2.89 bits per heavy atom. The van der Waals surface area contributed by atoms with E-state index in [1.54, 1.807) is 12.1 Å². The van der Waals surface area contributed by atoms with Crippen LogP contribution in [0.2, 0.25) is 5.02 Å². The van der Waals surface area contributed by atoms with Crippen molar-refractivity contribution in [1.82, 2.24) is 5.32 Å². The fraction of sp³-hybridized carbons (Fsp3) is 0.600. The molecule has 1 aliphatic rings. The average molecular weight is 286 g/mol. The molecule has 1 N–H and O–H groups in total. The molecular weight excluding hydrogens is 265 g/mol. The van der Waals surface area contributed by atoms with E-state index in [0.717, 1.165) is 25.9 Å². The van der Waals surface area contributed by atoms with Crippen molar-refractivity contribution in [3.8, 4) is 5.75 Å². The Labute approximate surface area is 119 Å². The molecule has 106 valence electrons. The molecule has 0 bridgehead atoms. The van der Waals surface area contributed by atoms with Gasteiger partial charge in [-0.15, -0.1) is 0 Å². The second-order valence-electron chi connectivity index (χ2n) is 5.59. The summed E-state index contributed by atoms with van der Waals surface area (Å²) in [5, 5.41) is 3.44. The lowest BCUT2D eigenvalue weighted by Crippen LogP contribution is -2.30. The number of hydrogen-bond donors (Lipinski definition) is 1. The number of halogens is 2. The molecule has 1 aromatic carbocycles. The number of ether oxygens (including phenoxy) is 1. The third-order valence-electron chi connectivity index (χ3n) is 3.52. The zero-order valence-corrected chi connectivity index (χ0v) is 12.2. The summed E-state index contributed by atoms with van der Waals surface area (Å²) in [6.45, 7) is 6.33. The first kappa shape index (κ1) is 14.6. The summed E-state index contributed by atoms with van der Waals surface area (Å²) in [4.78, 5) is 0. The van der Waals surface area contributed by atoms with Crippen LogP contribution in [0.5, 0.6) is 5.75 Å². The third-order valence-corrected chi connectivity index (χ3v) is 3.89. The second kappa shape index (κ2) is 6.58. The van der Waals surface area contributed by atoms with Gasteiger partial charge >= 0.3 is 0 Å². The van der Waals surface area contributed by atoms with E-state index >= 15 is 0 Å². The van der Waals surface area contributed by atoms with Crippen LogP contribution < -0.4 is 10.1 Å². The first-order chi connectivity index (χ1) is 9.08. The molecule has 4 heteroatoms. The molecule has 0 unspecified atom stereocenters. The van der Waals surface area contributed by atoms with Crippen LogP contribution in [0.15, 0.2) is 18.2 Å². The minimum atomic E-state index is -0.424. The molecule has 2 nitrogen and oxygen atoms in total. The van der Waals surface area contributed by atoms with Crippen molar-refractivity contribution < 1.29 is 9.13 Å². The van der Waals surface area contributed by atoms with E-state index in [1.807, 2.05) is 0 Å². The van der Waals surface area contributed by atoms with E-state index in [4.69, 9.17) is 16.3 Å². The summed E-state index contributed by atoms with van der Waals surface area (Å²) >= 11 is 5.96. The molecule has 0 aliphatic carbocycles. The van der Waals surface area contributed by atoms with Gasteiger partial charge in [0.15, 0.2) is 0 Å². The lowest BCUT2D eigenvalue weighted by atomic mass is 9.93. The Bertz CT molecular complexity index is 419. The highest BCUT2D eigenvalue weighted by Gasteiger charge is 2.28. The van der Waals surface area contributed by atoms with Crippen LogP contribution >= 0.6 is 11.6 Å².